The maximum Gasteiger partial charge on any atom is 0.191 e. The Balaban J connectivity index is 1.85. The van der Waals surface area contributed by atoms with E-state index in [9.17, 15) is 0 Å². The zero-order valence-corrected chi connectivity index (χ0v) is 18.0. The number of nitrogens with zero attached hydrogens (tertiary/aromatic N) is 3. The van der Waals surface area contributed by atoms with Crippen LogP contribution in [0.3, 0.4) is 0 Å². The van der Waals surface area contributed by atoms with E-state index in [1.165, 1.54) is 42.6 Å². The zero-order chi connectivity index (χ0) is 19.6. The van der Waals surface area contributed by atoms with E-state index in [-0.39, 0.29) is 0 Å². The van der Waals surface area contributed by atoms with Crippen LogP contribution >= 0.6 is 0 Å². The number of rotatable bonds is 10. The van der Waals surface area contributed by atoms with Gasteiger partial charge in [0.05, 0.1) is 11.8 Å². The zero-order valence-electron chi connectivity index (χ0n) is 18.0. The SMILES string of the molecule is CCOC(CCNC(=NC)NCc1c(CC)nn(C)c1CC)C1CCCC1. The summed E-state index contributed by atoms with van der Waals surface area (Å²) in [6, 6.07) is 0. The third-order valence-electron chi connectivity index (χ3n) is 5.71. The third-order valence-corrected chi connectivity index (χ3v) is 5.71. The quantitative estimate of drug-likeness (QED) is 0.485. The molecule has 1 aromatic heterocycles. The molecule has 0 aliphatic heterocycles. The van der Waals surface area contributed by atoms with Gasteiger partial charge in [-0.2, -0.15) is 5.10 Å². The van der Waals surface area contributed by atoms with Crippen LogP contribution in [0.25, 0.3) is 0 Å². The Morgan fingerprint density at radius 3 is 2.56 bits per heavy atom. The Bertz CT molecular complexity index is 590. The van der Waals surface area contributed by atoms with Gasteiger partial charge in [0.15, 0.2) is 5.96 Å². The third kappa shape index (κ3) is 5.96. The largest absolute Gasteiger partial charge is 0.378 e. The van der Waals surface area contributed by atoms with Crippen LogP contribution in [-0.4, -0.2) is 42.0 Å². The molecule has 27 heavy (non-hydrogen) atoms. The van der Waals surface area contributed by atoms with E-state index in [2.05, 4.69) is 41.5 Å². The van der Waals surface area contributed by atoms with Crippen molar-refractivity contribution in [1.29, 1.82) is 0 Å². The first-order chi connectivity index (χ1) is 13.1. The van der Waals surface area contributed by atoms with Crippen molar-refractivity contribution in [2.75, 3.05) is 20.2 Å². The summed E-state index contributed by atoms with van der Waals surface area (Å²) in [7, 11) is 3.86. The molecule has 0 radical (unpaired) electrons. The predicted octanol–water partition coefficient (Wildman–Crippen LogP) is 3.20. The average Bonchev–Trinajstić information content (AvgIpc) is 3.31. The molecule has 0 aromatic carbocycles. The molecule has 6 heteroatoms. The summed E-state index contributed by atoms with van der Waals surface area (Å²) in [5.41, 5.74) is 3.78. The first-order valence-electron chi connectivity index (χ1n) is 10.7. The predicted molar refractivity (Wildman–Crippen MR) is 112 cm³/mol. The number of aliphatic imine (C=N–C) groups is 1. The van der Waals surface area contributed by atoms with Crippen LogP contribution in [0, 0.1) is 5.92 Å². The summed E-state index contributed by atoms with van der Waals surface area (Å²) in [4.78, 5) is 4.39. The molecular weight excluding hydrogens is 338 g/mol. The maximum absolute atomic E-state index is 6.02. The van der Waals surface area contributed by atoms with E-state index < -0.39 is 0 Å². The Morgan fingerprint density at radius 2 is 1.96 bits per heavy atom. The molecule has 1 saturated carbocycles. The number of ether oxygens (including phenoxy) is 1. The second-order valence-electron chi connectivity index (χ2n) is 7.38. The molecule has 0 spiro atoms. The number of hydrogen-bond acceptors (Lipinski definition) is 3. The van der Waals surface area contributed by atoms with Crippen molar-refractivity contribution in [2.45, 2.75) is 78.4 Å². The molecule has 1 aliphatic carbocycles. The van der Waals surface area contributed by atoms with Crippen molar-refractivity contribution in [3.63, 3.8) is 0 Å². The van der Waals surface area contributed by atoms with Crippen LogP contribution in [0.2, 0.25) is 0 Å². The smallest absolute Gasteiger partial charge is 0.191 e. The van der Waals surface area contributed by atoms with E-state index in [0.29, 0.717) is 6.10 Å². The van der Waals surface area contributed by atoms with Gasteiger partial charge >= 0.3 is 0 Å². The Kier molecular flexibility index (Phi) is 9.11. The maximum atomic E-state index is 6.02. The lowest BCUT2D eigenvalue weighted by atomic mass is 9.98. The molecule has 1 unspecified atom stereocenters. The minimum absolute atomic E-state index is 0.375. The monoisotopic (exact) mass is 377 g/mol. The van der Waals surface area contributed by atoms with Gasteiger partial charge in [-0.05, 0) is 44.9 Å². The minimum Gasteiger partial charge on any atom is -0.378 e. The molecule has 1 aliphatic rings. The van der Waals surface area contributed by atoms with Gasteiger partial charge in [0.2, 0.25) is 0 Å². The summed E-state index contributed by atoms with van der Waals surface area (Å²) < 4.78 is 8.04. The summed E-state index contributed by atoms with van der Waals surface area (Å²) in [6.45, 7) is 8.89. The van der Waals surface area contributed by atoms with Gasteiger partial charge < -0.3 is 15.4 Å². The van der Waals surface area contributed by atoms with Gasteiger partial charge in [0.1, 0.15) is 0 Å². The van der Waals surface area contributed by atoms with Gasteiger partial charge in [-0.3, -0.25) is 9.67 Å². The first kappa shape index (κ1) is 21.7. The summed E-state index contributed by atoms with van der Waals surface area (Å²) in [5.74, 6) is 1.58. The molecule has 1 aromatic rings. The van der Waals surface area contributed by atoms with Gasteiger partial charge in [-0.25, -0.2) is 0 Å². The van der Waals surface area contributed by atoms with Crippen LogP contribution in [-0.2, 0) is 31.2 Å². The fourth-order valence-electron chi connectivity index (χ4n) is 4.32. The molecule has 154 valence electrons. The van der Waals surface area contributed by atoms with E-state index >= 15 is 0 Å². The molecule has 0 amide bonds. The van der Waals surface area contributed by atoms with E-state index in [0.717, 1.165) is 50.8 Å². The highest BCUT2D eigenvalue weighted by molar-refractivity contribution is 5.79. The normalized spacial score (nSPS) is 16.7. The summed E-state index contributed by atoms with van der Waals surface area (Å²) in [5, 5.41) is 11.6. The number of nitrogens with one attached hydrogen (secondary N) is 2. The number of aryl methyl sites for hydroxylation is 2. The molecule has 1 heterocycles. The topological polar surface area (TPSA) is 63.5 Å². The molecule has 0 saturated heterocycles. The van der Waals surface area contributed by atoms with Crippen LogP contribution in [0.5, 0.6) is 0 Å². The first-order valence-corrected chi connectivity index (χ1v) is 10.7. The highest BCUT2D eigenvalue weighted by atomic mass is 16.5. The van der Waals surface area contributed by atoms with Gasteiger partial charge in [-0.15, -0.1) is 0 Å². The van der Waals surface area contributed by atoms with Gasteiger partial charge in [0, 0.05) is 45.0 Å². The van der Waals surface area contributed by atoms with Crippen molar-refractivity contribution in [3.05, 3.63) is 17.0 Å². The van der Waals surface area contributed by atoms with Crippen LogP contribution in [0.4, 0.5) is 0 Å². The lowest BCUT2D eigenvalue weighted by molar-refractivity contribution is 0.0169. The average molecular weight is 378 g/mol. The Hall–Kier alpha value is -1.56. The molecule has 6 nitrogen and oxygen atoms in total. The van der Waals surface area contributed by atoms with E-state index in [4.69, 9.17) is 4.74 Å². The van der Waals surface area contributed by atoms with Crippen LogP contribution in [0.15, 0.2) is 4.99 Å². The fourth-order valence-corrected chi connectivity index (χ4v) is 4.32. The fraction of sp³-hybridized carbons (Fsp3) is 0.810. The van der Waals surface area contributed by atoms with Crippen molar-refractivity contribution in [2.24, 2.45) is 18.0 Å². The van der Waals surface area contributed by atoms with Crippen LogP contribution in [0.1, 0.15) is 69.8 Å². The highest BCUT2D eigenvalue weighted by Crippen LogP contribution is 2.30. The summed E-state index contributed by atoms with van der Waals surface area (Å²) in [6.07, 6.45) is 8.70. The molecular formula is C21H39N5O. The van der Waals surface area contributed by atoms with Gasteiger partial charge in [-0.1, -0.05) is 26.7 Å². The molecule has 2 N–H and O–H groups in total. The van der Waals surface area contributed by atoms with Crippen LogP contribution < -0.4 is 10.6 Å². The van der Waals surface area contributed by atoms with Crippen molar-refractivity contribution in [3.8, 4) is 0 Å². The second-order valence-corrected chi connectivity index (χ2v) is 7.38. The Labute approximate surface area is 165 Å². The van der Waals surface area contributed by atoms with Crippen molar-refractivity contribution >= 4 is 5.96 Å². The van der Waals surface area contributed by atoms with E-state index in [1.807, 2.05) is 18.8 Å². The van der Waals surface area contributed by atoms with Crippen molar-refractivity contribution < 1.29 is 4.74 Å². The number of aromatic nitrogens is 2. The molecule has 1 fully saturated rings. The standard InChI is InChI=1S/C21H39N5O/c1-6-18-17(19(7-2)26(5)25-18)15-24-21(22-4)23-14-13-20(27-8-3)16-11-9-10-12-16/h16,20H,6-15H2,1-5H3,(H2,22,23,24). The van der Waals surface area contributed by atoms with Gasteiger partial charge in [0.25, 0.3) is 0 Å². The van der Waals surface area contributed by atoms with E-state index in [1.54, 1.807) is 0 Å². The minimum atomic E-state index is 0.375. The number of guanidine groups is 1. The summed E-state index contributed by atoms with van der Waals surface area (Å²) >= 11 is 0. The Morgan fingerprint density at radius 1 is 1.22 bits per heavy atom. The number of hydrogen-bond donors (Lipinski definition) is 2. The van der Waals surface area contributed by atoms with Crippen molar-refractivity contribution in [1.82, 2.24) is 20.4 Å². The lowest BCUT2D eigenvalue weighted by Gasteiger charge is -2.24. The second kappa shape index (κ2) is 11.3. The lowest BCUT2D eigenvalue weighted by Crippen LogP contribution is -2.39. The molecule has 2 rings (SSSR count). The molecule has 1 atom stereocenters. The molecule has 0 bridgehead atoms. The highest BCUT2D eigenvalue weighted by Gasteiger charge is 2.25.